The summed E-state index contributed by atoms with van der Waals surface area (Å²) in [6.07, 6.45) is 3.02. The molecule has 2 aliphatic heterocycles. The first-order valence-corrected chi connectivity index (χ1v) is 14.3. The summed E-state index contributed by atoms with van der Waals surface area (Å²) in [6, 6.07) is 19.7. The SMILES string of the molecule is CCn1nc(Cc2ccccc2)cc1C1CCN(C[C@H]2CN(C(C)(C)C(=O)O)C[C@@H]2c2cccc(F)c2)CC1. The van der Waals surface area contributed by atoms with E-state index in [9.17, 15) is 14.3 Å². The number of carboxylic acid groups (broad SMARTS) is 1. The van der Waals surface area contributed by atoms with Gasteiger partial charge in [-0.15, -0.1) is 0 Å². The van der Waals surface area contributed by atoms with Crippen LogP contribution in [-0.4, -0.2) is 68.9 Å². The number of aryl methyl sites for hydroxylation is 1. The summed E-state index contributed by atoms with van der Waals surface area (Å²) in [5.74, 6) is -0.202. The van der Waals surface area contributed by atoms with Crippen molar-refractivity contribution >= 4 is 5.97 Å². The third kappa shape index (κ3) is 6.10. The molecule has 0 saturated carbocycles. The van der Waals surface area contributed by atoms with Gasteiger partial charge in [-0.1, -0.05) is 42.5 Å². The van der Waals surface area contributed by atoms with E-state index in [-0.39, 0.29) is 17.7 Å². The Morgan fingerprint density at radius 1 is 1.05 bits per heavy atom. The topological polar surface area (TPSA) is 61.6 Å². The molecule has 0 amide bonds. The minimum Gasteiger partial charge on any atom is -0.480 e. The molecule has 6 nitrogen and oxygen atoms in total. The summed E-state index contributed by atoms with van der Waals surface area (Å²) in [4.78, 5) is 16.6. The highest BCUT2D eigenvalue weighted by atomic mass is 19.1. The fraction of sp³-hybridized carbons (Fsp3) is 0.500. The molecular weight excluding hydrogens is 491 g/mol. The van der Waals surface area contributed by atoms with Crippen LogP contribution < -0.4 is 0 Å². The number of carbonyl (C=O) groups is 1. The molecule has 2 fully saturated rings. The second-order valence-electron chi connectivity index (χ2n) is 11.8. The normalized spacial score (nSPS) is 21.4. The van der Waals surface area contributed by atoms with Crippen molar-refractivity contribution in [3.05, 3.63) is 89.0 Å². The summed E-state index contributed by atoms with van der Waals surface area (Å²) in [5, 5.41) is 14.8. The Bertz CT molecular complexity index is 1270. The molecular formula is C32H41FN4O2. The molecule has 1 aromatic heterocycles. The quantitative estimate of drug-likeness (QED) is 0.400. The van der Waals surface area contributed by atoms with Crippen LogP contribution in [-0.2, 0) is 17.8 Å². The Morgan fingerprint density at radius 2 is 1.79 bits per heavy atom. The fourth-order valence-corrected chi connectivity index (χ4v) is 6.47. The molecule has 2 aliphatic rings. The summed E-state index contributed by atoms with van der Waals surface area (Å²) in [7, 11) is 0. The molecule has 0 unspecified atom stereocenters. The number of hydrogen-bond acceptors (Lipinski definition) is 4. The van der Waals surface area contributed by atoms with E-state index in [4.69, 9.17) is 5.10 Å². The summed E-state index contributed by atoms with van der Waals surface area (Å²) in [6.45, 7) is 10.8. The highest BCUT2D eigenvalue weighted by Gasteiger charge is 2.44. The number of nitrogens with zero attached hydrogens (tertiary/aromatic N) is 4. The lowest BCUT2D eigenvalue weighted by atomic mass is 9.87. The van der Waals surface area contributed by atoms with Crippen molar-refractivity contribution in [2.75, 3.05) is 32.7 Å². The summed E-state index contributed by atoms with van der Waals surface area (Å²) < 4.78 is 16.3. The van der Waals surface area contributed by atoms with Crippen LogP contribution >= 0.6 is 0 Å². The van der Waals surface area contributed by atoms with Crippen molar-refractivity contribution in [3.8, 4) is 0 Å². The first kappa shape index (κ1) is 27.5. The van der Waals surface area contributed by atoms with Gasteiger partial charge >= 0.3 is 5.97 Å². The first-order chi connectivity index (χ1) is 18.7. The van der Waals surface area contributed by atoms with Crippen molar-refractivity contribution in [3.63, 3.8) is 0 Å². The van der Waals surface area contributed by atoms with Crippen LogP contribution in [0.4, 0.5) is 4.39 Å². The number of rotatable bonds is 9. The van der Waals surface area contributed by atoms with Gasteiger partial charge in [0.15, 0.2) is 0 Å². The molecule has 208 valence electrons. The Hall–Kier alpha value is -3.03. The number of aromatic nitrogens is 2. The van der Waals surface area contributed by atoms with Gasteiger partial charge in [-0.2, -0.15) is 5.10 Å². The average molecular weight is 533 g/mol. The standard InChI is InChI=1S/C32H41FN4O2/c1-4-37-30(19-28(34-37)17-23-9-6-5-7-10-23)24-13-15-35(16-14-24)20-26-21-36(32(2,3)31(38)39)22-29(26)25-11-8-12-27(33)18-25/h5-12,18-19,24,26,29H,4,13-17,20-22H2,1-3H3,(H,38,39)/t26-,29+/m0/s1. The third-order valence-electron chi connectivity index (χ3n) is 8.92. The predicted molar refractivity (Wildman–Crippen MR) is 151 cm³/mol. The molecule has 0 spiro atoms. The van der Waals surface area contributed by atoms with Crippen LogP contribution in [0.3, 0.4) is 0 Å². The van der Waals surface area contributed by atoms with Crippen molar-refractivity contribution in [2.45, 2.75) is 64.0 Å². The molecule has 0 radical (unpaired) electrons. The molecule has 5 rings (SSSR count). The Labute approximate surface area is 231 Å². The maximum atomic E-state index is 14.1. The maximum Gasteiger partial charge on any atom is 0.323 e. The van der Waals surface area contributed by atoms with Gasteiger partial charge in [-0.25, -0.2) is 4.39 Å². The number of halogens is 1. The molecule has 2 aromatic carbocycles. The second-order valence-corrected chi connectivity index (χ2v) is 11.8. The maximum absolute atomic E-state index is 14.1. The molecule has 3 heterocycles. The average Bonchev–Trinajstić information content (AvgIpc) is 3.54. The number of carboxylic acids is 1. The van der Waals surface area contributed by atoms with E-state index >= 15 is 0 Å². The van der Waals surface area contributed by atoms with E-state index in [0.717, 1.165) is 56.7 Å². The van der Waals surface area contributed by atoms with E-state index in [2.05, 4.69) is 51.7 Å². The Morgan fingerprint density at radius 3 is 2.46 bits per heavy atom. The molecule has 1 N–H and O–H groups in total. The van der Waals surface area contributed by atoms with Crippen LogP contribution in [0.2, 0.25) is 0 Å². The van der Waals surface area contributed by atoms with Gasteiger partial charge in [0.05, 0.1) is 5.69 Å². The van der Waals surface area contributed by atoms with Crippen LogP contribution in [0.1, 0.15) is 68.0 Å². The van der Waals surface area contributed by atoms with Crippen LogP contribution in [0.25, 0.3) is 0 Å². The monoisotopic (exact) mass is 532 g/mol. The molecule has 2 atom stereocenters. The summed E-state index contributed by atoms with van der Waals surface area (Å²) in [5.41, 5.74) is 3.77. The molecule has 0 aliphatic carbocycles. The van der Waals surface area contributed by atoms with Gasteiger partial charge in [-0.05, 0) is 81.9 Å². The van der Waals surface area contributed by atoms with Gasteiger partial charge in [0, 0.05) is 50.1 Å². The largest absolute Gasteiger partial charge is 0.480 e. The molecule has 3 aromatic rings. The lowest BCUT2D eigenvalue weighted by molar-refractivity contribution is -0.148. The van der Waals surface area contributed by atoms with Crippen LogP contribution in [0.5, 0.6) is 0 Å². The molecule has 0 bridgehead atoms. The number of benzene rings is 2. The Balaban J connectivity index is 1.25. The zero-order chi connectivity index (χ0) is 27.6. The van der Waals surface area contributed by atoms with Crippen molar-refractivity contribution in [1.82, 2.24) is 19.6 Å². The van der Waals surface area contributed by atoms with Crippen LogP contribution in [0, 0.1) is 11.7 Å². The van der Waals surface area contributed by atoms with E-state index in [1.165, 1.54) is 17.3 Å². The van der Waals surface area contributed by atoms with Gasteiger partial charge in [0.25, 0.3) is 0 Å². The lowest BCUT2D eigenvalue weighted by Gasteiger charge is -2.35. The van der Waals surface area contributed by atoms with Crippen LogP contribution in [0.15, 0.2) is 60.7 Å². The van der Waals surface area contributed by atoms with E-state index in [1.807, 2.05) is 12.1 Å². The van der Waals surface area contributed by atoms with E-state index in [1.54, 1.807) is 26.0 Å². The van der Waals surface area contributed by atoms with Crippen molar-refractivity contribution in [1.29, 1.82) is 0 Å². The highest BCUT2D eigenvalue weighted by Crippen LogP contribution is 2.38. The Kier molecular flexibility index (Phi) is 8.19. The van der Waals surface area contributed by atoms with Crippen molar-refractivity contribution in [2.24, 2.45) is 5.92 Å². The van der Waals surface area contributed by atoms with E-state index in [0.29, 0.717) is 19.0 Å². The smallest absolute Gasteiger partial charge is 0.323 e. The zero-order valence-electron chi connectivity index (χ0n) is 23.4. The molecule has 7 heteroatoms. The lowest BCUT2D eigenvalue weighted by Crippen LogP contribution is -2.49. The second kappa shape index (κ2) is 11.6. The van der Waals surface area contributed by atoms with Gasteiger partial charge in [-0.3, -0.25) is 14.4 Å². The van der Waals surface area contributed by atoms with E-state index < -0.39 is 11.5 Å². The highest BCUT2D eigenvalue weighted by molar-refractivity contribution is 5.77. The molecule has 39 heavy (non-hydrogen) atoms. The number of hydrogen-bond donors (Lipinski definition) is 1. The number of piperidine rings is 1. The van der Waals surface area contributed by atoms with Gasteiger partial charge in [0.2, 0.25) is 0 Å². The third-order valence-corrected chi connectivity index (χ3v) is 8.92. The number of likely N-dealkylation sites (tertiary alicyclic amines) is 2. The van der Waals surface area contributed by atoms with Gasteiger partial charge < -0.3 is 10.0 Å². The fourth-order valence-electron chi connectivity index (χ4n) is 6.47. The first-order valence-electron chi connectivity index (χ1n) is 14.3. The molecule has 2 saturated heterocycles. The number of aliphatic carboxylic acids is 1. The zero-order valence-corrected chi connectivity index (χ0v) is 23.4. The predicted octanol–water partition coefficient (Wildman–Crippen LogP) is 5.39. The van der Waals surface area contributed by atoms with Gasteiger partial charge in [0.1, 0.15) is 11.4 Å². The van der Waals surface area contributed by atoms with Crippen molar-refractivity contribution < 1.29 is 14.3 Å². The summed E-state index contributed by atoms with van der Waals surface area (Å²) >= 11 is 0. The minimum absolute atomic E-state index is 0.110. The minimum atomic E-state index is -0.955.